The van der Waals surface area contributed by atoms with Gasteiger partial charge in [-0.3, -0.25) is 0 Å². The fourth-order valence-corrected chi connectivity index (χ4v) is 3.29. The van der Waals surface area contributed by atoms with Crippen LogP contribution in [0.15, 0.2) is 85.1 Å². The Hall–Kier alpha value is -3.04. The summed E-state index contributed by atoms with van der Waals surface area (Å²) in [6.45, 7) is 0. The van der Waals surface area contributed by atoms with E-state index in [2.05, 4.69) is 10.3 Å². The predicted octanol–water partition coefficient (Wildman–Crippen LogP) is 5.80. The van der Waals surface area contributed by atoms with E-state index in [0.29, 0.717) is 5.02 Å². The largest absolute Gasteiger partial charge is 0.508 e. The highest BCUT2D eigenvalue weighted by atomic mass is 35.5. The third-order valence-electron chi connectivity index (χ3n) is 4.40. The lowest BCUT2D eigenvalue weighted by molar-refractivity contribution is 0.468. The van der Waals surface area contributed by atoms with Crippen molar-refractivity contribution in [3.8, 4) is 5.75 Å². The number of phenolic OH excluding ortho intramolecular Hbond substituents is 1. The van der Waals surface area contributed by atoms with Gasteiger partial charge in [0.05, 0.1) is 6.04 Å². The fraction of sp³-hybridized carbons (Fsp3) is 0.0455. The first kappa shape index (κ1) is 16.4. The number of hydrogen-bond acceptors (Lipinski definition) is 3. The monoisotopic (exact) mass is 360 g/mol. The third kappa shape index (κ3) is 3.22. The molecule has 0 saturated carbocycles. The average molecular weight is 361 g/mol. The van der Waals surface area contributed by atoms with E-state index in [1.165, 1.54) is 0 Å². The Balaban J connectivity index is 1.91. The van der Waals surface area contributed by atoms with Crippen molar-refractivity contribution in [1.82, 2.24) is 4.98 Å². The minimum Gasteiger partial charge on any atom is -0.508 e. The zero-order valence-electron chi connectivity index (χ0n) is 13.9. The Morgan fingerprint density at radius 1 is 0.846 bits per heavy atom. The maximum Gasteiger partial charge on any atom is 0.126 e. The van der Waals surface area contributed by atoms with Crippen LogP contribution in [-0.4, -0.2) is 10.1 Å². The van der Waals surface area contributed by atoms with Gasteiger partial charge in [0.15, 0.2) is 0 Å². The van der Waals surface area contributed by atoms with Gasteiger partial charge in [0.1, 0.15) is 11.6 Å². The number of halogens is 1. The number of anilines is 1. The number of aromatic hydroxyl groups is 1. The lowest BCUT2D eigenvalue weighted by Crippen LogP contribution is -2.14. The predicted molar refractivity (Wildman–Crippen MR) is 107 cm³/mol. The first-order chi connectivity index (χ1) is 12.7. The molecule has 128 valence electrons. The summed E-state index contributed by atoms with van der Waals surface area (Å²) in [4.78, 5) is 4.38. The molecule has 1 heterocycles. The summed E-state index contributed by atoms with van der Waals surface area (Å²) in [7, 11) is 0. The van der Waals surface area contributed by atoms with Crippen LogP contribution >= 0.6 is 11.6 Å². The quantitative estimate of drug-likeness (QED) is 0.483. The van der Waals surface area contributed by atoms with Gasteiger partial charge >= 0.3 is 0 Å². The number of hydrogen-bond donors (Lipinski definition) is 2. The van der Waals surface area contributed by atoms with Crippen LogP contribution in [0.4, 0.5) is 5.82 Å². The first-order valence-electron chi connectivity index (χ1n) is 8.36. The van der Waals surface area contributed by atoms with Crippen LogP contribution < -0.4 is 5.32 Å². The standard InChI is InChI=1S/C22H17ClN2O/c23-17-11-8-16(9-12-17)22(25-20-7-3-4-14-24-20)21-18-6-2-1-5-15(18)10-13-19(21)26/h1-14,22,26H,(H,24,25). The first-order valence-corrected chi connectivity index (χ1v) is 8.74. The number of fused-ring (bicyclic) bond motifs is 1. The van der Waals surface area contributed by atoms with Gasteiger partial charge in [-0.05, 0) is 46.7 Å². The normalized spacial score (nSPS) is 12.0. The molecular formula is C22H17ClN2O. The number of nitrogens with one attached hydrogen (secondary N) is 1. The molecule has 0 aliphatic heterocycles. The van der Waals surface area contributed by atoms with Gasteiger partial charge < -0.3 is 10.4 Å². The van der Waals surface area contributed by atoms with Crippen LogP contribution in [0.3, 0.4) is 0 Å². The van der Waals surface area contributed by atoms with Crippen molar-refractivity contribution in [3.63, 3.8) is 0 Å². The zero-order chi connectivity index (χ0) is 17.9. The smallest absolute Gasteiger partial charge is 0.126 e. The molecule has 3 nitrogen and oxygen atoms in total. The molecule has 0 fully saturated rings. The molecule has 0 aliphatic rings. The van der Waals surface area contributed by atoms with Crippen LogP contribution in [0.5, 0.6) is 5.75 Å². The SMILES string of the molecule is Oc1ccc2ccccc2c1C(Nc1ccccn1)c1ccc(Cl)cc1. The Morgan fingerprint density at radius 2 is 1.62 bits per heavy atom. The molecule has 4 rings (SSSR count). The Morgan fingerprint density at radius 3 is 2.38 bits per heavy atom. The minimum absolute atomic E-state index is 0.243. The second-order valence-electron chi connectivity index (χ2n) is 6.06. The zero-order valence-corrected chi connectivity index (χ0v) is 14.7. The maximum atomic E-state index is 10.7. The lowest BCUT2D eigenvalue weighted by Gasteiger charge is -2.23. The Bertz CT molecular complexity index is 1030. The van der Waals surface area contributed by atoms with Gasteiger partial charge in [0, 0.05) is 16.8 Å². The summed E-state index contributed by atoms with van der Waals surface area (Å²) in [5.41, 5.74) is 1.81. The molecule has 3 aromatic carbocycles. The van der Waals surface area contributed by atoms with Crippen molar-refractivity contribution in [1.29, 1.82) is 0 Å². The molecule has 4 aromatic rings. The van der Waals surface area contributed by atoms with E-state index in [0.717, 1.165) is 27.7 Å². The van der Waals surface area contributed by atoms with E-state index in [9.17, 15) is 5.11 Å². The number of nitrogens with zero attached hydrogens (tertiary/aromatic N) is 1. The van der Waals surface area contributed by atoms with Gasteiger partial charge in [-0.2, -0.15) is 0 Å². The highest BCUT2D eigenvalue weighted by Crippen LogP contribution is 2.37. The fourth-order valence-electron chi connectivity index (χ4n) is 3.16. The molecule has 1 atom stereocenters. The lowest BCUT2D eigenvalue weighted by atomic mass is 9.92. The van der Waals surface area contributed by atoms with Crippen molar-refractivity contribution >= 4 is 28.2 Å². The maximum absolute atomic E-state index is 10.7. The second-order valence-corrected chi connectivity index (χ2v) is 6.50. The van der Waals surface area contributed by atoms with Crippen molar-refractivity contribution in [3.05, 3.63) is 101 Å². The third-order valence-corrected chi connectivity index (χ3v) is 4.65. The van der Waals surface area contributed by atoms with Crippen molar-refractivity contribution in [2.45, 2.75) is 6.04 Å². The summed E-state index contributed by atoms with van der Waals surface area (Å²) >= 11 is 6.07. The van der Waals surface area contributed by atoms with E-state index >= 15 is 0 Å². The summed E-state index contributed by atoms with van der Waals surface area (Å²) in [6, 6.07) is 24.8. The van der Waals surface area contributed by atoms with Crippen molar-refractivity contribution in [2.24, 2.45) is 0 Å². The van der Waals surface area contributed by atoms with Crippen LogP contribution in [0.1, 0.15) is 17.2 Å². The van der Waals surface area contributed by atoms with Crippen molar-refractivity contribution in [2.75, 3.05) is 5.32 Å². The highest BCUT2D eigenvalue weighted by Gasteiger charge is 2.21. The Labute approximate surface area is 156 Å². The molecule has 0 spiro atoms. The van der Waals surface area contributed by atoms with Gasteiger partial charge in [0.25, 0.3) is 0 Å². The molecule has 26 heavy (non-hydrogen) atoms. The average Bonchev–Trinajstić information content (AvgIpc) is 2.68. The summed E-state index contributed by atoms with van der Waals surface area (Å²) in [5, 5.41) is 16.9. The molecule has 0 aliphatic carbocycles. The molecular weight excluding hydrogens is 344 g/mol. The van der Waals surface area contributed by atoms with Crippen LogP contribution in [0.2, 0.25) is 5.02 Å². The van der Waals surface area contributed by atoms with Crippen LogP contribution in [0.25, 0.3) is 10.8 Å². The molecule has 1 aromatic heterocycles. The minimum atomic E-state index is -0.270. The van der Waals surface area contributed by atoms with E-state index in [1.54, 1.807) is 12.3 Å². The van der Waals surface area contributed by atoms with Gasteiger partial charge in [-0.25, -0.2) is 4.98 Å². The topological polar surface area (TPSA) is 45.1 Å². The van der Waals surface area contributed by atoms with Crippen LogP contribution in [-0.2, 0) is 0 Å². The molecule has 2 N–H and O–H groups in total. The van der Waals surface area contributed by atoms with Gasteiger partial charge in [-0.1, -0.05) is 60.1 Å². The second kappa shape index (κ2) is 7.06. The van der Waals surface area contributed by atoms with Gasteiger partial charge in [-0.15, -0.1) is 0 Å². The van der Waals surface area contributed by atoms with E-state index in [-0.39, 0.29) is 11.8 Å². The number of aromatic nitrogens is 1. The Kier molecular flexibility index (Phi) is 4.46. The molecule has 0 radical (unpaired) electrons. The number of rotatable bonds is 4. The van der Waals surface area contributed by atoms with E-state index in [4.69, 9.17) is 11.6 Å². The van der Waals surface area contributed by atoms with Crippen LogP contribution in [0, 0.1) is 0 Å². The number of pyridine rings is 1. The van der Waals surface area contributed by atoms with Crippen molar-refractivity contribution < 1.29 is 5.11 Å². The molecule has 0 bridgehead atoms. The molecule has 4 heteroatoms. The molecule has 0 saturated heterocycles. The number of phenols is 1. The summed E-state index contributed by atoms with van der Waals surface area (Å²) in [5.74, 6) is 0.979. The molecule has 1 unspecified atom stereocenters. The van der Waals surface area contributed by atoms with E-state index < -0.39 is 0 Å². The summed E-state index contributed by atoms with van der Waals surface area (Å²) in [6.07, 6.45) is 1.74. The van der Waals surface area contributed by atoms with Gasteiger partial charge in [0.2, 0.25) is 0 Å². The summed E-state index contributed by atoms with van der Waals surface area (Å²) < 4.78 is 0. The van der Waals surface area contributed by atoms with E-state index in [1.807, 2.05) is 72.8 Å². The molecule has 0 amide bonds. The highest BCUT2D eigenvalue weighted by molar-refractivity contribution is 6.30. The number of benzene rings is 3.